The van der Waals surface area contributed by atoms with E-state index in [1.165, 1.54) is 0 Å². The molecule has 1 aromatic carbocycles. The molecule has 5 heteroatoms. The minimum absolute atomic E-state index is 0.0651. The predicted molar refractivity (Wildman–Crippen MR) is 66.4 cm³/mol. The van der Waals surface area contributed by atoms with Gasteiger partial charge < -0.3 is 9.84 Å². The molecule has 4 nitrogen and oxygen atoms in total. The monoisotopic (exact) mass is 294 g/mol. The topological polar surface area (TPSA) is 55.2 Å². The van der Waals surface area contributed by atoms with Crippen LogP contribution in [0, 0.1) is 0 Å². The number of aliphatic hydroxyl groups excluding tert-OH is 1. The molecule has 0 aliphatic carbocycles. The highest BCUT2D eigenvalue weighted by molar-refractivity contribution is 9.10. The summed E-state index contributed by atoms with van der Waals surface area (Å²) < 4.78 is 6.42. The van der Waals surface area contributed by atoms with Gasteiger partial charge in [-0.05, 0) is 28.1 Å². The molecule has 0 spiro atoms. The molecular formula is C12H11BrN2O2. The molecule has 17 heavy (non-hydrogen) atoms. The van der Waals surface area contributed by atoms with Gasteiger partial charge in [0.15, 0.2) is 5.82 Å². The molecule has 2 aromatic rings. The minimum atomic E-state index is -0.0651. The molecule has 1 aromatic heterocycles. The first-order chi connectivity index (χ1) is 8.31. The van der Waals surface area contributed by atoms with Gasteiger partial charge in [0.2, 0.25) is 0 Å². The molecule has 0 aliphatic rings. The van der Waals surface area contributed by atoms with Gasteiger partial charge in [-0.2, -0.15) is 0 Å². The summed E-state index contributed by atoms with van der Waals surface area (Å²) in [5, 5.41) is 9.21. The number of halogens is 1. The number of hydrogen-bond donors (Lipinski definition) is 1. The molecule has 0 aliphatic heterocycles. The van der Waals surface area contributed by atoms with Gasteiger partial charge in [-0.1, -0.05) is 12.1 Å². The van der Waals surface area contributed by atoms with E-state index in [2.05, 4.69) is 25.9 Å². The maximum atomic E-state index is 9.21. The number of hydrogen-bond acceptors (Lipinski definition) is 4. The third-order valence-electron chi connectivity index (χ3n) is 2.18. The summed E-state index contributed by atoms with van der Waals surface area (Å²) in [4.78, 5) is 8.13. The highest BCUT2D eigenvalue weighted by Gasteiger charge is 2.07. The van der Waals surface area contributed by atoms with Crippen molar-refractivity contribution < 1.29 is 9.84 Å². The summed E-state index contributed by atoms with van der Waals surface area (Å²) in [6.07, 6.45) is 3.33. The zero-order valence-electron chi connectivity index (χ0n) is 9.01. The van der Waals surface area contributed by atoms with E-state index in [1.807, 2.05) is 18.2 Å². The van der Waals surface area contributed by atoms with Crippen LogP contribution in [0.4, 0.5) is 0 Å². The SMILES string of the molecule is OCc1cccc(Br)c1OCc1ncccn1. The van der Waals surface area contributed by atoms with E-state index < -0.39 is 0 Å². The third kappa shape index (κ3) is 3.01. The van der Waals surface area contributed by atoms with Gasteiger partial charge in [0.05, 0.1) is 11.1 Å². The van der Waals surface area contributed by atoms with Gasteiger partial charge in [-0.15, -0.1) is 0 Å². The van der Waals surface area contributed by atoms with Crippen LogP contribution in [0.2, 0.25) is 0 Å². The van der Waals surface area contributed by atoms with Crippen LogP contribution in [-0.4, -0.2) is 15.1 Å². The number of aliphatic hydroxyl groups is 1. The molecule has 0 atom stereocenters. The van der Waals surface area contributed by atoms with Crippen LogP contribution < -0.4 is 4.74 Å². The first-order valence-corrected chi connectivity index (χ1v) is 5.87. The Morgan fingerprint density at radius 1 is 1.18 bits per heavy atom. The number of para-hydroxylation sites is 1. The van der Waals surface area contributed by atoms with Crippen LogP contribution in [0.1, 0.15) is 11.4 Å². The summed E-state index contributed by atoms with van der Waals surface area (Å²) in [5.41, 5.74) is 0.732. The zero-order chi connectivity index (χ0) is 12.1. The molecule has 88 valence electrons. The molecule has 0 unspecified atom stereocenters. The Morgan fingerprint density at radius 2 is 1.94 bits per heavy atom. The van der Waals surface area contributed by atoms with Crippen molar-refractivity contribution in [2.75, 3.05) is 0 Å². The first kappa shape index (κ1) is 12.0. The average Bonchev–Trinajstić information content (AvgIpc) is 2.38. The molecule has 0 saturated heterocycles. The summed E-state index contributed by atoms with van der Waals surface area (Å²) in [6, 6.07) is 7.27. The van der Waals surface area contributed by atoms with Gasteiger partial charge >= 0.3 is 0 Å². The molecule has 2 rings (SSSR count). The summed E-state index contributed by atoms with van der Waals surface area (Å²) in [5.74, 6) is 1.23. The van der Waals surface area contributed by atoms with Gasteiger partial charge in [-0.3, -0.25) is 0 Å². The molecule has 0 radical (unpaired) electrons. The van der Waals surface area contributed by atoms with Crippen LogP contribution in [-0.2, 0) is 13.2 Å². The van der Waals surface area contributed by atoms with Crippen molar-refractivity contribution >= 4 is 15.9 Å². The average molecular weight is 295 g/mol. The third-order valence-corrected chi connectivity index (χ3v) is 2.81. The Kier molecular flexibility index (Phi) is 4.06. The highest BCUT2D eigenvalue weighted by atomic mass is 79.9. The van der Waals surface area contributed by atoms with Gasteiger partial charge in [0.25, 0.3) is 0 Å². The van der Waals surface area contributed by atoms with Crippen LogP contribution in [0.25, 0.3) is 0 Å². The lowest BCUT2D eigenvalue weighted by molar-refractivity contribution is 0.254. The van der Waals surface area contributed by atoms with Crippen LogP contribution >= 0.6 is 15.9 Å². The van der Waals surface area contributed by atoms with Crippen molar-refractivity contribution in [1.29, 1.82) is 0 Å². The second-order valence-corrected chi connectivity index (χ2v) is 4.19. The van der Waals surface area contributed by atoms with E-state index in [1.54, 1.807) is 18.5 Å². The summed E-state index contributed by atoms with van der Waals surface area (Å²) in [6.45, 7) is 0.209. The standard InChI is InChI=1S/C12H11BrN2O2/c13-10-4-1-3-9(7-16)12(10)17-8-11-14-5-2-6-15-11/h1-6,16H,7-8H2. The van der Waals surface area contributed by atoms with Gasteiger partial charge in [-0.25, -0.2) is 9.97 Å². The lowest BCUT2D eigenvalue weighted by Gasteiger charge is -2.11. The fourth-order valence-corrected chi connectivity index (χ4v) is 1.90. The van der Waals surface area contributed by atoms with Crippen molar-refractivity contribution in [3.05, 3.63) is 52.5 Å². The lowest BCUT2D eigenvalue weighted by Crippen LogP contribution is -2.03. The maximum absolute atomic E-state index is 9.21. The highest BCUT2D eigenvalue weighted by Crippen LogP contribution is 2.29. The predicted octanol–water partition coefficient (Wildman–Crippen LogP) is 2.31. The number of rotatable bonds is 4. The molecule has 0 fully saturated rings. The van der Waals surface area contributed by atoms with E-state index in [-0.39, 0.29) is 13.2 Å². The quantitative estimate of drug-likeness (QED) is 0.940. The first-order valence-electron chi connectivity index (χ1n) is 5.08. The van der Waals surface area contributed by atoms with Gasteiger partial charge in [0.1, 0.15) is 12.4 Å². The van der Waals surface area contributed by atoms with Crippen molar-refractivity contribution in [1.82, 2.24) is 9.97 Å². The number of aromatic nitrogens is 2. The largest absolute Gasteiger partial charge is 0.484 e. The van der Waals surface area contributed by atoms with Crippen molar-refractivity contribution in [3.8, 4) is 5.75 Å². The molecule has 0 amide bonds. The van der Waals surface area contributed by atoms with E-state index >= 15 is 0 Å². The Labute approximate surface area is 107 Å². The summed E-state index contributed by atoms with van der Waals surface area (Å²) in [7, 11) is 0. The lowest BCUT2D eigenvalue weighted by atomic mass is 10.2. The minimum Gasteiger partial charge on any atom is -0.484 e. The van der Waals surface area contributed by atoms with Crippen molar-refractivity contribution in [2.24, 2.45) is 0 Å². The molecular weight excluding hydrogens is 284 g/mol. The van der Waals surface area contributed by atoms with E-state index in [9.17, 15) is 5.11 Å². The number of ether oxygens (including phenoxy) is 1. The van der Waals surface area contributed by atoms with E-state index in [0.29, 0.717) is 11.6 Å². The smallest absolute Gasteiger partial charge is 0.166 e. The van der Waals surface area contributed by atoms with E-state index in [0.717, 1.165) is 10.0 Å². The molecule has 0 bridgehead atoms. The van der Waals surface area contributed by atoms with Crippen molar-refractivity contribution in [3.63, 3.8) is 0 Å². The van der Waals surface area contributed by atoms with Crippen LogP contribution in [0.15, 0.2) is 41.1 Å². The second kappa shape index (κ2) is 5.75. The van der Waals surface area contributed by atoms with Crippen molar-refractivity contribution in [2.45, 2.75) is 13.2 Å². The Bertz CT molecular complexity index is 491. The van der Waals surface area contributed by atoms with Gasteiger partial charge in [0, 0.05) is 18.0 Å². The number of nitrogens with zero attached hydrogens (tertiary/aromatic N) is 2. The normalized spacial score (nSPS) is 10.2. The molecule has 0 saturated carbocycles. The Hall–Kier alpha value is -1.46. The van der Waals surface area contributed by atoms with Crippen LogP contribution in [0.3, 0.4) is 0 Å². The van der Waals surface area contributed by atoms with E-state index in [4.69, 9.17) is 4.74 Å². The maximum Gasteiger partial charge on any atom is 0.166 e. The fourth-order valence-electron chi connectivity index (χ4n) is 1.38. The summed E-state index contributed by atoms with van der Waals surface area (Å²) >= 11 is 3.38. The second-order valence-electron chi connectivity index (χ2n) is 3.34. The van der Waals surface area contributed by atoms with Crippen LogP contribution in [0.5, 0.6) is 5.75 Å². The Morgan fingerprint density at radius 3 is 2.65 bits per heavy atom. The molecule has 1 N–H and O–H groups in total. The Balaban J connectivity index is 2.14. The zero-order valence-corrected chi connectivity index (χ0v) is 10.6. The molecule has 1 heterocycles. The fraction of sp³-hybridized carbons (Fsp3) is 0.167. The number of benzene rings is 1.